The summed E-state index contributed by atoms with van der Waals surface area (Å²) >= 11 is 1.34. The van der Waals surface area contributed by atoms with Crippen molar-refractivity contribution in [1.29, 1.82) is 0 Å². The van der Waals surface area contributed by atoms with Gasteiger partial charge in [0, 0.05) is 24.0 Å². The standard InChI is InChI=1S/C29H28N2O3S/c1-2-34-29(33)27-25(24-16-10-5-11-17-24)21-35-28(27)30-26(32)20-31(18-22-12-6-3-7-13-22)19-23-14-8-4-9-15-23/h3-17,21H,2,18-20H2,1H3,(H,30,32). The highest BCUT2D eigenvalue weighted by atomic mass is 32.1. The van der Waals surface area contributed by atoms with Gasteiger partial charge in [-0.05, 0) is 23.6 Å². The van der Waals surface area contributed by atoms with Crippen LogP contribution in [0.4, 0.5) is 5.00 Å². The Morgan fingerprint density at radius 3 is 1.91 bits per heavy atom. The van der Waals surface area contributed by atoms with Crippen LogP contribution in [0.15, 0.2) is 96.4 Å². The van der Waals surface area contributed by atoms with Crippen LogP contribution >= 0.6 is 11.3 Å². The maximum absolute atomic E-state index is 13.2. The van der Waals surface area contributed by atoms with E-state index >= 15 is 0 Å². The van der Waals surface area contributed by atoms with Crippen molar-refractivity contribution >= 4 is 28.2 Å². The van der Waals surface area contributed by atoms with Crippen LogP contribution in [-0.4, -0.2) is 29.9 Å². The molecule has 6 heteroatoms. The fourth-order valence-electron chi connectivity index (χ4n) is 3.91. The Balaban J connectivity index is 1.55. The highest BCUT2D eigenvalue weighted by Crippen LogP contribution is 2.36. The van der Waals surface area contributed by atoms with E-state index in [-0.39, 0.29) is 19.1 Å². The van der Waals surface area contributed by atoms with Crippen molar-refractivity contribution in [1.82, 2.24) is 4.90 Å². The van der Waals surface area contributed by atoms with Crippen LogP contribution in [0.1, 0.15) is 28.4 Å². The second-order valence-electron chi connectivity index (χ2n) is 8.10. The monoisotopic (exact) mass is 484 g/mol. The number of anilines is 1. The van der Waals surface area contributed by atoms with Crippen molar-refractivity contribution < 1.29 is 14.3 Å². The zero-order valence-corrected chi connectivity index (χ0v) is 20.5. The lowest BCUT2D eigenvalue weighted by molar-refractivity contribution is -0.117. The number of hydrogen-bond acceptors (Lipinski definition) is 5. The van der Waals surface area contributed by atoms with Crippen LogP contribution in [0.2, 0.25) is 0 Å². The van der Waals surface area contributed by atoms with E-state index in [9.17, 15) is 9.59 Å². The molecule has 4 rings (SSSR count). The van der Waals surface area contributed by atoms with Crippen molar-refractivity contribution in [2.45, 2.75) is 20.0 Å². The number of amides is 1. The van der Waals surface area contributed by atoms with E-state index in [0.717, 1.165) is 22.3 Å². The Morgan fingerprint density at radius 1 is 0.829 bits per heavy atom. The number of thiophene rings is 1. The smallest absolute Gasteiger partial charge is 0.341 e. The summed E-state index contributed by atoms with van der Waals surface area (Å²) in [7, 11) is 0. The predicted octanol–water partition coefficient (Wildman–Crippen LogP) is 6.23. The number of nitrogens with one attached hydrogen (secondary N) is 1. The first-order valence-electron chi connectivity index (χ1n) is 11.6. The summed E-state index contributed by atoms with van der Waals surface area (Å²) in [5.41, 5.74) is 4.32. The van der Waals surface area contributed by atoms with E-state index in [2.05, 4.69) is 34.5 Å². The molecule has 0 bridgehead atoms. The molecule has 5 nitrogen and oxygen atoms in total. The van der Waals surface area contributed by atoms with Crippen LogP contribution in [-0.2, 0) is 22.6 Å². The van der Waals surface area contributed by atoms with E-state index in [1.807, 2.05) is 72.1 Å². The molecule has 0 atom stereocenters. The Labute approximate surface area is 210 Å². The highest BCUT2D eigenvalue weighted by molar-refractivity contribution is 7.15. The zero-order chi connectivity index (χ0) is 24.5. The van der Waals surface area contributed by atoms with E-state index in [4.69, 9.17) is 4.74 Å². The van der Waals surface area contributed by atoms with Gasteiger partial charge in [-0.3, -0.25) is 9.69 Å². The van der Waals surface area contributed by atoms with E-state index in [0.29, 0.717) is 23.7 Å². The predicted molar refractivity (Wildman–Crippen MR) is 141 cm³/mol. The Hall–Kier alpha value is -3.74. The summed E-state index contributed by atoms with van der Waals surface area (Å²) in [6.07, 6.45) is 0. The maximum atomic E-state index is 13.2. The second kappa shape index (κ2) is 12.1. The number of carbonyl (C=O) groups excluding carboxylic acids is 2. The summed E-state index contributed by atoms with van der Waals surface area (Å²) < 4.78 is 5.32. The molecule has 0 unspecified atom stereocenters. The number of esters is 1. The lowest BCUT2D eigenvalue weighted by Crippen LogP contribution is -2.32. The molecule has 1 N–H and O–H groups in total. The fraction of sp³-hybridized carbons (Fsp3) is 0.172. The largest absolute Gasteiger partial charge is 0.462 e. The third-order valence-electron chi connectivity index (χ3n) is 5.47. The molecule has 1 aromatic heterocycles. The Kier molecular flexibility index (Phi) is 8.44. The third-order valence-corrected chi connectivity index (χ3v) is 6.37. The molecule has 0 aliphatic heterocycles. The van der Waals surface area contributed by atoms with Gasteiger partial charge in [-0.15, -0.1) is 11.3 Å². The van der Waals surface area contributed by atoms with Crippen LogP contribution in [0.25, 0.3) is 11.1 Å². The van der Waals surface area contributed by atoms with Gasteiger partial charge in [0.15, 0.2) is 0 Å². The van der Waals surface area contributed by atoms with Gasteiger partial charge in [-0.2, -0.15) is 0 Å². The lowest BCUT2D eigenvalue weighted by Gasteiger charge is -2.22. The van der Waals surface area contributed by atoms with E-state index in [1.165, 1.54) is 11.3 Å². The van der Waals surface area contributed by atoms with E-state index < -0.39 is 5.97 Å². The molecule has 35 heavy (non-hydrogen) atoms. The first kappa shape index (κ1) is 24.4. The molecule has 0 radical (unpaired) electrons. The Morgan fingerprint density at radius 2 is 1.37 bits per heavy atom. The Bertz CT molecular complexity index is 1200. The molecule has 1 heterocycles. The molecular weight excluding hydrogens is 456 g/mol. The van der Waals surface area contributed by atoms with Crippen LogP contribution < -0.4 is 5.32 Å². The van der Waals surface area contributed by atoms with Gasteiger partial charge in [0.25, 0.3) is 0 Å². The summed E-state index contributed by atoms with van der Waals surface area (Å²) in [6, 6.07) is 29.8. The topological polar surface area (TPSA) is 58.6 Å². The molecule has 0 saturated carbocycles. The van der Waals surface area contributed by atoms with Gasteiger partial charge in [0.05, 0.1) is 13.2 Å². The molecule has 1 amide bonds. The summed E-state index contributed by atoms with van der Waals surface area (Å²) in [6.45, 7) is 3.49. The molecule has 0 spiro atoms. The van der Waals surface area contributed by atoms with Crippen molar-refractivity contribution in [3.05, 3.63) is 113 Å². The molecule has 3 aromatic carbocycles. The summed E-state index contributed by atoms with van der Waals surface area (Å²) in [5.74, 6) is -0.614. The molecule has 0 fully saturated rings. The van der Waals surface area contributed by atoms with Crippen LogP contribution in [0, 0.1) is 0 Å². The lowest BCUT2D eigenvalue weighted by atomic mass is 10.0. The van der Waals surface area contributed by atoms with E-state index in [1.54, 1.807) is 6.92 Å². The fourth-order valence-corrected chi connectivity index (χ4v) is 4.88. The number of benzene rings is 3. The van der Waals surface area contributed by atoms with Gasteiger partial charge in [-0.1, -0.05) is 91.0 Å². The number of nitrogens with zero attached hydrogens (tertiary/aromatic N) is 1. The summed E-state index contributed by atoms with van der Waals surface area (Å²) in [4.78, 5) is 28.1. The molecule has 4 aromatic rings. The molecule has 178 valence electrons. The van der Waals surface area contributed by atoms with Gasteiger partial charge in [0.1, 0.15) is 10.6 Å². The van der Waals surface area contributed by atoms with Gasteiger partial charge < -0.3 is 10.1 Å². The van der Waals surface area contributed by atoms with Gasteiger partial charge in [-0.25, -0.2) is 4.79 Å². The first-order chi connectivity index (χ1) is 17.1. The quantitative estimate of drug-likeness (QED) is 0.271. The normalized spacial score (nSPS) is 10.8. The number of carbonyl (C=O) groups is 2. The first-order valence-corrected chi connectivity index (χ1v) is 12.5. The maximum Gasteiger partial charge on any atom is 0.341 e. The molecule has 0 saturated heterocycles. The third kappa shape index (κ3) is 6.66. The highest BCUT2D eigenvalue weighted by Gasteiger charge is 2.23. The van der Waals surface area contributed by atoms with Crippen molar-refractivity contribution in [3.8, 4) is 11.1 Å². The van der Waals surface area contributed by atoms with Crippen molar-refractivity contribution in [2.75, 3.05) is 18.5 Å². The zero-order valence-electron chi connectivity index (χ0n) is 19.6. The molecule has 0 aliphatic rings. The minimum atomic E-state index is -0.437. The molecular formula is C29H28N2O3S. The minimum absolute atomic E-state index is 0.177. The van der Waals surface area contributed by atoms with Crippen LogP contribution in [0.3, 0.4) is 0 Å². The summed E-state index contributed by atoms with van der Waals surface area (Å²) in [5, 5.41) is 5.38. The number of hydrogen-bond donors (Lipinski definition) is 1. The second-order valence-corrected chi connectivity index (χ2v) is 8.98. The van der Waals surface area contributed by atoms with Gasteiger partial charge in [0.2, 0.25) is 5.91 Å². The van der Waals surface area contributed by atoms with Crippen LogP contribution in [0.5, 0.6) is 0 Å². The average Bonchev–Trinajstić information content (AvgIpc) is 3.29. The van der Waals surface area contributed by atoms with Crippen molar-refractivity contribution in [3.63, 3.8) is 0 Å². The minimum Gasteiger partial charge on any atom is -0.462 e. The van der Waals surface area contributed by atoms with Gasteiger partial charge >= 0.3 is 5.97 Å². The number of rotatable bonds is 10. The SMILES string of the molecule is CCOC(=O)c1c(-c2ccccc2)csc1NC(=O)CN(Cc1ccccc1)Cc1ccccc1. The number of ether oxygens (including phenoxy) is 1. The molecule has 0 aliphatic carbocycles. The van der Waals surface area contributed by atoms with Crippen molar-refractivity contribution in [2.24, 2.45) is 0 Å². The average molecular weight is 485 g/mol.